The summed E-state index contributed by atoms with van der Waals surface area (Å²) < 4.78 is 1.59. The van der Waals surface area contributed by atoms with Gasteiger partial charge in [-0.3, -0.25) is 14.1 Å². The molecule has 1 N–H and O–H groups in total. The van der Waals surface area contributed by atoms with Gasteiger partial charge in [0.2, 0.25) is 0 Å². The van der Waals surface area contributed by atoms with Gasteiger partial charge in [0.25, 0.3) is 5.56 Å². The lowest BCUT2D eigenvalue weighted by atomic mass is 9.93. The quantitative estimate of drug-likeness (QED) is 0.906. The fraction of sp³-hybridized carbons (Fsp3) is 0.529. The molecule has 3 heterocycles. The van der Waals surface area contributed by atoms with Crippen LogP contribution >= 0.6 is 12.4 Å². The van der Waals surface area contributed by atoms with Crippen molar-refractivity contribution in [1.82, 2.24) is 19.6 Å². The number of hydrogen-bond acceptors (Lipinski definition) is 4. The van der Waals surface area contributed by atoms with E-state index in [1.54, 1.807) is 16.7 Å². The van der Waals surface area contributed by atoms with E-state index in [0.29, 0.717) is 0 Å². The Hall–Kier alpha value is -1.43. The van der Waals surface area contributed by atoms with Gasteiger partial charge in [-0.05, 0) is 64.0 Å². The molecule has 1 fully saturated rings. The van der Waals surface area contributed by atoms with Gasteiger partial charge in [0.05, 0.1) is 5.69 Å². The molecule has 0 radical (unpaired) electrons. The fourth-order valence-electron chi connectivity index (χ4n) is 3.19. The minimum atomic E-state index is 0. The maximum absolute atomic E-state index is 12.1. The molecule has 1 saturated heterocycles. The van der Waals surface area contributed by atoms with E-state index in [1.165, 1.54) is 19.3 Å². The molecule has 5 nitrogen and oxygen atoms in total. The van der Waals surface area contributed by atoms with Crippen LogP contribution in [-0.4, -0.2) is 41.0 Å². The van der Waals surface area contributed by atoms with Crippen molar-refractivity contribution >= 4 is 18.1 Å². The van der Waals surface area contributed by atoms with Gasteiger partial charge in [-0.15, -0.1) is 12.4 Å². The summed E-state index contributed by atoms with van der Waals surface area (Å²) in [4.78, 5) is 19.1. The van der Waals surface area contributed by atoms with Gasteiger partial charge >= 0.3 is 0 Å². The Morgan fingerprint density at radius 2 is 2.09 bits per heavy atom. The van der Waals surface area contributed by atoms with Crippen molar-refractivity contribution in [2.24, 2.45) is 5.92 Å². The lowest BCUT2D eigenvalue weighted by Crippen LogP contribution is -2.34. The summed E-state index contributed by atoms with van der Waals surface area (Å²) in [5.41, 5.74) is 1.61. The highest BCUT2D eigenvalue weighted by Crippen LogP contribution is 2.20. The molecule has 126 valence electrons. The molecule has 0 spiro atoms. The smallest absolute Gasteiger partial charge is 0.258 e. The zero-order valence-corrected chi connectivity index (χ0v) is 14.4. The molecular formula is C17H25ClN4O. The first kappa shape index (κ1) is 17.9. The van der Waals surface area contributed by atoms with Crippen molar-refractivity contribution in [2.45, 2.75) is 25.8 Å². The molecule has 0 aliphatic carbocycles. The third kappa shape index (κ3) is 4.53. The normalized spacial score (nSPS) is 16.4. The summed E-state index contributed by atoms with van der Waals surface area (Å²) in [7, 11) is 2.01. The predicted molar refractivity (Wildman–Crippen MR) is 95.3 cm³/mol. The molecule has 1 aliphatic heterocycles. The second kappa shape index (κ2) is 8.43. The minimum absolute atomic E-state index is 0. The Morgan fingerprint density at radius 1 is 1.30 bits per heavy atom. The van der Waals surface area contributed by atoms with E-state index >= 15 is 0 Å². The molecule has 0 unspecified atom stereocenters. The van der Waals surface area contributed by atoms with Crippen molar-refractivity contribution in [1.29, 1.82) is 0 Å². The average Bonchev–Trinajstić information content (AvgIpc) is 2.54. The molecule has 2 aromatic rings. The number of halogens is 1. The van der Waals surface area contributed by atoms with Crippen LogP contribution in [0.4, 0.5) is 0 Å². The number of aromatic nitrogens is 2. The Labute approximate surface area is 143 Å². The third-order valence-electron chi connectivity index (χ3n) is 4.52. The molecule has 0 saturated carbocycles. The number of nitrogens with zero attached hydrogens (tertiary/aromatic N) is 3. The monoisotopic (exact) mass is 336 g/mol. The van der Waals surface area contributed by atoms with E-state index in [-0.39, 0.29) is 18.0 Å². The van der Waals surface area contributed by atoms with Gasteiger partial charge < -0.3 is 5.32 Å². The number of nitrogens with one attached hydrogen (secondary N) is 1. The van der Waals surface area contributed by atoms with Crippen molar-refractivity contribution < 1.29 is 0 Å². The molecule has 0 atom stereocenters. The van der Waals surface area contributed by atoms with Crippen molar-refractivity contribution in [3.63, 3.8) is 0 Å². The molecule has 23 heavy (non-hydrogen) atoms. The maximum atomic E-state index is 12.1. The Bertz CT molecular complexity index is 680. The topological polar surface area (TPSA) is 49.6 Å². The highest BCUT2D eigenvalue weighted by atomic mass is 35.5. The lowest BCUT2D eigenvalue weighted by Gasteiger charge is -2.31. The summed E-state index contributed by atoms with van der Waals surface area (Å²) in [5, 5.41) is 3.23. The van der Waals surface area contributed by atoms with Crippen LogP contribution in [0.15, 0.2) is 35.3 Å². The Balaban J connectivity index is 0.00000192. The number of rotatable bonds is 5. The van der Waals surface area contributed by atoms with E-state index in [0.717, 1.165) is 43.4 Å². The van der Waals surface area contributed by atoms with E-state index in [1.807, 2.05) is 25.2 Å². The average molecular weight is 337 g/mol. The largest absolute Gasteiger partial charge is 0.320 e. The van der Waals surface area contributed by atoms with Crippen LogP contribution in [0.25, 0.3) is 5.65 Å². The summed E-state index contributed by atoms with van der Waals surface area (Å²) in [6.07, 6.45) is 5.52. The first-order valence-electron chi connectivity index (χ1n) is 8.10. The van der Waals surface area contributed by atoms with Crippen LogP contribution in [0, 0.1) is 5.92 Å². The van der Waals surface area contributed by atoms with E-state index in [9.17, 15) is 4.79 Å². The Morgan fingerprint density at radius 3 is 2.83 bits per heavy atom. The number of piperidine rings is 1. The molecule has 0 bridgehead atoms. The zero-order valence-electron chi connectivity index (χ0n) is 13.6. The molecule has 1 aliphatic rings. The maximum Gasteiger partial charge on any atom is 0.258 e. The van der Waals surface area contributed by atoms with Crippen LogP contribution in [0.5, 0.6) is 0 Å². The van der Waals surface area contributed by atoms with Crippen molar-refractivity contribution in [3.8, 4) is 0 Å². The first-order valence-corrected chi connectivity index (χ1v) is 8.10. The number of fused-ring (bicyclic) bond motifs is 1. The van der Waals surface area contributed by atoms with Gasteiger partial charge in [-0.1, -0.05) is 6.07 Å². The van der Waals surface area contributed by atoms with Crippen LogP contribution in [0.2, 0.25) is 0 Å². The summed E-state index contributed by atoms with van der Waals surface area (Å²) >= 11 is 0. The third-order valence-corrected chi connectivity index (χ3v) is 4.52. The van der Waals surface area contributed by atoms with Crippen LogP contribution in [-0.2, 0) is 6.54 Å². The molecule has 6 heteroatoms. The van der Waals surface area contributed by atoms with Crippen LogP contribution < -0.4 is 10.9 Å². The SMILES string of the molecule is CNCCC1CCN(Cc2cc(=O)n3ccccc3n2)CC1.Cl. The Kier molecular flexibility index (Phi) is 6.57. The second-order valence-corrected chi connectivity index (χ2v) is 6.13. The standard InChI is InChI=1S/C17H24N4O.ClH/c1-18-8-5-14-6-10-20(11-7-14)13-15-12-17(22)21-9-3-2-4-16(21)19-15;/h2-4,9,12,14,18H,5-8,10-11,13H2,1H3;1H. The highest BCUT2D eigenvalue weighted by molar-refractivity contribution is 5.85. The minimum Gasteiger partial charge on any atom is -0.320 e. The van der Waals surface area contributed by atoms with Crippen molar-refractivity contribution in [3.05, 3.63) is 46.5 Å². The zero-order chi connectivity index (χ0) is 15.4. The summed E-state index contributed by atoms with van der Waals surface area (Å²) in [5.74, 6) is 0.832. The molecule has 2 aromatic heterocycles. The van der Waals surface area contributed by atoms with Gasteiger partial charge in [-0.25, -0.2) is 4.98 Å². The van der Waals surface area contributed by atoms with Crippen LogP contribution in [0.3, 0.4) is 0 Å². The van der Waals surface area contributed by atoms with Crippen LogP contribution in [0.1, 0.15) is 25.0 Å². The summed E-state index contributed by atoms with van der Waals surface area (Å²) in [6.45, 7) is 4.08. The molecule has 0 aromatic carbocycles. The van der Waals surface area contributed by atoms with E-state index < -0.39 is 0 Å². The van der Waals surface area contributed by atoms with Gasteiger partial charge in [0, 0.05) is 18.8 Å². The highest BCUT2D eigenvalue weighted by Gasteiger charge is 2.19. The predicted octanol–water partition coefficient (Wildman–Crippen LogP) is 1.94. The molecule has 0 amide bonds. The second-order valence-electron chi connectivity index (χ2n) is 6.13. The fourth-order valence-corrected chi connectivity index (χ4v) is 3.19. The number of pyridine rings is 1. The van der Waals surface area contributed by atoms with Crippen molar-refractivity contribution in [2.75, 3.05) is 26.7 Å². The lowest BCUT2D eigenvalue weighted by molar-refractivity contribution is 0.171. The summed E-state index contributed by atoms with van der Waals surface area (Å²) in [6, 6.07) is 7.32. The number of hydrogen-bond donors (Lipinski definition) is 1. The number of likely N-dealkylation sites (tertiary alicyclic amines) is 1. The van der Waals surface area contributed by atoms with Gasteiger partial charge in [0.15, 0.2) is 0 Å². The molecular weight excluding hydrogens is 312 g/mol. The van der Waals surface area contributed by atoms with Gasteiger partial charge in [-0.2, -0.15) is 0 Å². The van der Waals surface area contributed by atoms with E-state index in [2.05, 4.69) is 15.2 Å². The first-order chi connectivity index (χ1) is 10.8. The van der Waals surface area contributed by atoms with Gasteiger partial charge in [0.1, 0.15) is 5.65 Å². The van der Waals surface area contributed by atoms with E-state index in [4.69, 9.17) is 0 Å². The molecule has 3 rings (SSSR count).